The summed E-state index contributed by atoms with van der Waals surface area (Å²) in [6.07, 6.45) is 0.925. The highest BCUT2D eigenvalue weighted by molar-refractivity contribution is 6.03. The van der Waals surface area contributed by atoms with Gasteiger partial charge in [0.05, 0.1) is 11.3 Å². The van der Waals surface area contributed by atoms with Crippen molar-refractivity contribution < 1.29 is 4.79 Å². The van der Waals surface area contributed by atoms with Crippen LogP contribution in [0.4, 0.5) is 11.6 Å². The van der Waals surface area contributed by atoms with Gasteiger partial charge in [-0.3, -0.25) is 4.79 Å². The van der Waals surface area contributed by atoms with E-state index >= 15 is 0 Å². The predicted molar refractivity (Wildman–Crippen MR) is 89.3 cm³/mol. The highest BCUT2D eigenvalue weighted by atomic mass is 16.1. The average Bonchev–Trinajstić information content (AvgIpc) is 2.54. The van der Waals surface area contributed by atoms with Crippen molar-refractivity contribution in [2.75, 3.05) is 10.6 Å². The summed E-state index contributed by atoms with van der Waals surface area (Å²) in [4.78, 5) is 20.9. The Kier molecular flexibility index (Phi) is 5.26. The molecule has 0 aliphatic rings. The van der Waals surface area contributed by atoms with Gasteiger partial charge in [0.15, 0.2) is 0 Å². The van der Waals surface area contributed by atoms with Crippen LogP contribution in [0.2, 0.25) is 0 Å². The molecule has 2 aromatic rings. The van der Waals surface area contributed by atoms with Gasteiger partial charge in [0.2, 0.25) is 5.95 Å². The zero-order valence-corrected chi connectivity index (χ0v) is 13.4. The summed E-state index contributed by atoms with van der Waals surface area (Å²) in [6.45, 7) is 5.89. The number of carbonyl (C=O) groups excluding carboxylic acids is 1. The Bertz CT molecular complexity index is 751. The molecule has 0 aliphatic carbocycles. The Hall–Kier alpha value is -2.94. The minimum atomic E-state index is -0.370. The molecule has 6 heteroatoms. The van der Waals surface area contributed by atoms with Crippen molar-refractivity contribution in [3.05, 3.63) is 47.3 Å². The minimum absolute atomic E-state index is 0.215. The molecule has 0 aliphatic heterocycles. The number of rotatable bonds is 5. The fourth-order valence-corrected chi connectivity index (χ4v) is 1.95. The topological polar surface area (TPSA) is 90.7 Å². The lowest BCUT2D eigenvalue weighted by Gasteiger charge is -2.13. The summed E-state index contributed by atoms with van der Waals surface area (Å²) >= 11 is 0. The molecule has 1 unspecified atom stereocenters. The largest absolute Gasteiger partial charge is 0.352 e. The molecule has 23 heavy (non-hydrogen) atoms. The van der Waals surface area contributed by atoms with Crippen LogP contribution in [0.3, 0.4) is 0 Å². The molecule has 1 heterocycles. The number of carbonyl (C=O) groups is 1. The number of nitriles is 1. The summed E-state index contributed by atoms with van der Waals surface area (Å²) in [6, 6.07) is 10.7. The summed E-state index contributed by atoms with van der Waals surface area (Å²) in [5.74, 6) is 0.0588. The third-order valence-electron chi connectivity index (χ3n) is 3.37. The molecule has 0 radical (unpaired) electrons. The van der Waals surface area contributed by atoms with Crippen LogP contribution in [0.25, 0.3) is 0 Å². The average molecular weight is 309 g/mol. The number of nitrogens with one attached hydrogen (secondary N) is 2. The fourth-order valence-electron chi connectivity index (χ4n) is 1.95. The van der Waals surface area contributed by atoms with Crippen molar-refractivity contribution in [1.29, 1.82) is 5.26 Å². The number of benzene rings is 1. The van der Waals surface area contributed by atoms with Crippen LogP contribution >= 0.6 is 0 Å². The first kappa shape index (κ1) is 16.4. The monoisotopic (exact) mass is 309 g/mol. The van der Waals surface area contributed by atoms with Crippen molar-refractivity contribution in [3.8, 4) is 6.07 Å². The van der Waals surface area contributed by atoms with Gasteiger partial charge in [-0.2, -0.15) is 5.26 Å². The smallest absolute Gasteiger partial charge is 0.274 e. The van der Waals surface area contributed by atoms with E-state index < -0.39 is 0 Å². The van der Waals surface area contributed by atoms with Crippen molar-refractivity contribution >= 4 is 17.5 Å². The standard InChI is InChI=1S/C17H19N5O/c1-4-11(2)19-17-20-12(3)9-15(22-17)16(23)21-14-8-6-5-7-13(14)10-18/h5-9,11H,4H2,1-3H3,(H,21,23)(H,19,20,22). The SMILES string of the molecule is CCC(C)Nc1nc(C)cc(C(=O)Nc2ccccc2C#N)n1. The molecule has 0 spiro atoms. The van der Waals surface area contributed by atoms with Crippen molar-refractivity contribution in [1.82, 2.24) is 9.97 Å². The first-order valence-electron chi connectivity index (χ1n) is 7.46. The number of aryl methyl sites for hydroxylation is 1. The van der Waals surface area contributed by atoms with Gasteiger partial charge in [0.25, 0.3) is 5.91 Å². The van der Waals surface area contributed by atoms with Crippen LogP contribution in [0.15, 0.2) is 30.3 Å². The molecular formula is C17H19N5O. The summed E-state index contributed by atoms with van der Waals surface area (Å²) in [7, 11) is 0. The second-order valence-electron chi connectivity index (χ2n) is 5.28. The molecule has 0 saturated heterocycles. The third-order valence-corrected chi connectivity index (χ3v) is 3.37. The van der Waals surface area contributed by atoms with Crippen molar-refractivity contribution in [2.24, 2.45) is 0 Å². The molecule has 0 fully saturated rings. The normalized spacial score (nSPS) is 11.4. The van der Waals surface area contributed by atoms with Gasteiger partial charge in [0, 0.05) is 11.7 Å². The highest BCUT2D eigenvalue weighted by Crippen LogP contribution is 2.15. The zero-order chi connectivity index (χ0) is 16.8. The third kappa shape index (κ3) is 4.27. The first-order chi connectivity index (χ1) is 11.0. The molecule has 1 aromatic carbocycles. The van der Waals surface area contributed by atoms with E-state index in [1.165, 1.54) is 0 Å². The number of nitrogens with zero attached hydrogens (tertiary/aromatic N) is 3. The van der Waals surface area contributed by atoms with E-state index in [-0.39, 0.29) is 17.6 Å². The van der Waals surface area contributed by atoms with E-state index in [9.17, 15) is 4.79 Å². The number of aromatic nitrogens is 2. The molecular weight excluding hydrogens is 290 g/mol. The van der Waals surface area contributed by atoms with Crippen molar-refractivity contribution in [3.63, 3.8) is 0 Å². The number of para-hydroxylation sites is 1. The van der Waals surface area contributed by atoms with Crippen LogP contribution < -0.4 is 10.6 Å². The molecule has 2 rings (SSSR count). The molecule has 0 saturated carbocycles. The maximum Gasteiger partial charge on any atom is 0.274 e. The van der Waals surface area contributed by atoms with E-state index in [1.54, 1.807) is 30.3 Å². The Morgan fingerprint density at radius 2 is 2.09 bits per heavy atom. The van der Waals surface area contributed by atoms with Gasteiger partial charge in [0.1, 0.15) is 11.8 Å². The van der Waals surface area contributed by atoms with Gasteiger partial charge >= 0.3 is 0 Å². The predicted octanol–water partition coefficient (Wildman–Crippen LogP) is 3.12. The van der Waals surface area contributed by atoms with E-state index in [0.717, 1.165) is 6.42 Å². The van der Waals surface area contributed by atoms with E-state index in [2.05, 4.69) is 27.5 Å². The molecule has 2 N–H and O–H groups in total. The lowest BCUT2D eigenvalue weighted by molar-refractivity contribution is 0.102. The Morgan fingerprint density at radius 3 is 2.78 bits per heavy atom. The second-order valence-corrected chi connectivity index (χ2v) is 5.28. The molecule has 0 bridgehead atoms. The summed E-state index contributed by atoms with van der Waals surface area (Å²) < 4.78 is 0. The lowest BCUT2D eigenvalue weighted by atomic mass is 10.2. The highest BCUT2D eigenvalue weighted by Gasteiger charge is 2.13. The lowest BCUT2D eigenvalue weighted by Crippen LogP contribution is -2.20. The molecule has 1 atom stereocenters. The maximum absolute atomic E-state index is 12.4. The number of hydrogen-bond acceptors (Lipinski definition) is 5. The Morgan fingerprint density at radius 1 is 1.35 bits per heavy atom. The molecule has 1 amide bonds. The van der Waals surface area contributed by atoms with E-state index in [4.69, 9.17) is 5.26 Å². The van der Waals surface area contributed by atoms with Gasteiger partial charge in [-0.15, -0.1) is 0 Å². The molecule has 118 valence electrons. The first-order valence-corrected chi connectivity index (χ1v) is 7.46. The summed E-state index contributed by atoms with van der Waals surface area (Å²) in [5, 5.41) is 15.0. The fraction of sp³-hybridized carbons (Fsp3) is 0.294. The van der Waals surface area contributed by atoms with Crippen LogP contribution in [0, 0.1) is 18.3 Å². The van der Waals surface area contributed by atoms with Crippen LogP contribution in [0.1, 0.15) is 42.0 Å². The Labute approximate surface area is 135 Å². The second kappa shape index (κ2) is 7.36. The van der Waals surface area contributed by atoms with Gasteiger partial charge in [-0.1, -0.05) is 19.1 Å². The van der Waals surface area contributed by atoms with E-state index in [1.807, 2.05) is 19.9 Å². The van der Waals surface area contributed by atoms with Crippen molar-refractivity contribution in [2.45, 2.75) is 33.2 Å². The Balaban J connectivity index is 2.24. The number of anilines is 2. The van der Waals surface area contributed by atoms with Crippen LogP contribution in [0.5, 0.6) is 0 Å². The van der Waals surface area contributed by atoms with Gasteiger partial charge < -0.3 is 10.6 Å². The van der Waals surface area contributed by atoms with Gasteiger partial charge in [-0.25, -0.2) is 9.97 Å². The summed E-state index contributed by atoms with van der Waals surface area (Å²) in [5.41, 5.74) is 1.83. The molecule has 1 aromatic heterocycles. The quantitative estimate of drug-likeness (QED) is 0.885. The minimum Gasteiger partial charge on any atom is -0.352 e. The number of hydrogen-bond donors (Lipinski definition) is 2. The number of amides is 1. The molecule has 6 nitrogen and oxygen atoms in total. The van der Waals surface area contributed by atoms with Crippen LogP contribution in [-0.4, -0.2) is 21.9 Å². The van der Waals surface area contributed by atoms with Gasteiger partial charge in [-0.05, 0) is 38.5 Å². The zero-order valence-electron chi connectivity index (χ0n) is 13.4. The van der Waals surface area contributed by atoms with Crippen LogP contribution in [-0.2, 0) is 0 Å². The van der Waals surface area contributed by atoms with E-state index in [0.29, 0.717) is 22.9 Å². The maximum atomic E-state index is 12.4.